The molecule has 0 unspecified atom stereocenters. The van der Waals surface area contributed by atoms with E-state index in [1.807, 2.05) is 0 Å². The lowest BCUT2D eigenvalue weighted by molar-refractivity contribution is -0.408. The molecule has 1 saturated carbocycles. The second-order valence-electron chi connectivity index (χ2n) is 5.35. The smallest absolute Gasteiger partial charge is 0.201 e. The van der Waals surface area contributed by atoms with E-state index in [-0.39, 0.29) is 0 Å². The summed E-state index contributed by atoms with van der Waals surface area (Å²) < 4.78 is 5.22. The minimum absolute atomic E-state index is 0.343. The molecule has 0 saturated heterocycles. The summed E-state index contributed by atoms with van der Waals surface area (Å²) in [5.74, 6) is -0.0391. The molecule has 0 aliphatic heterocycles. The van der Waals surface area contributed by atoms with Crippen molar-refractivity contribution in [1.82, 2.24) is 0 Å². The lowest BCUT2D eigenvalue weighted by Gasteiger charge is -2.41. The van der Waals surface area contributed by atoms with Crippen molar-refractivity contribution in [3.05, 3.63) is 0 Å². The van der Waals surface area contributed by atoms with Gasteiger partial charge in [-0.05, 0) is 24.2 Å². The average molecular weight is 202 g/mol. The Balaban J connectivity index is 2.53. The van der Waals surface area contributed by atoms with Crippen molar-refractivity contribution >= 4 is 0 Å². The van der Waals surface area contributed by atoms with Gasteiger partial charge in [-0.15, -0.1) is 0 Å². The zero-order chi connectivity index (χ0) is 10.8. The molecule has 1 aliphatic rings. The van der Waals surface area contributed by atoms with Crippen LogP contribution in [-0.4, -0.2) is 18.2 Å². The molecule has 0 bridgehead atoms. The fraction of sp³-hybridized carbons (Fsp3) is 1.00. The first-order valence-electron chi connectivity index (χ1n) is 5.31. The summed E-state index contributed by atoms with van der Waals surface area (Å²) in [5.41, 5.74) is 0.343. The van der Waals surface area contributed by atoms with Crippen LogP contribution in [0.2, 0.25) is 0 Å². The highest BCUT2D eigenvalue weighted by Gasteiger charge is 2.40. The molecule has 0 aromatic carbocycles. The Morgan fingerprint density at radius 1 is 1.21 bits per heavy atom. The maximum atomic E-state index is 8.81. The Labute approximate surface area is 86.3 Å². The summed E-state index contributed by atoms with van der Waals surface area (Å²) in [6.45, 7) is 6.78. The maximum absolute atomic E-state index is 8.81. The predicted molar refractivity (Wildman–Crippen MR) is 54.9 cm³/mol. The standard InChI is InChI=1S/C11H22O3/c1-10(2,3)9-5-7-11(13-4,14-12)8-6-9/h9,12H,5-8H2,1-4H3. The zero-order valence-electron chi connectivity index (χ0n) is 9.67. The van der Waals surface area contributed by atoms with Gasteiger partial charge in [0.2, 0.25) is 5.79 Å². The summed E-state index contributed by atoms with van der Waals surface area (Å²) in [4.78, 5) is 4.47. The predicted octanol–water partition coefficient (Wildman–Crippen LogP) is 3.06. The van der Waals surface area contributed by atoms with Crippen LogP contribution in [0.4, 0.5) is 0 Å². The van der Waals surface area contributed by atoms with Crippen LogP contribution < -0.4 is 0 Å². The molecule has 0 spiro atoms. The molecular formula is C11H22O3. The molecule has 1 N–H and O–H groups in total. The number of hydrogen-bond donors (Lipinski definition) is 1. The minimum atomic E-state index is -0.734. The Bertz CT molecular complexity index is 169. The SMILES string of the molecule is COC1(OO)CCC(C(C)(C)C)CC1. The van der Waals surface area contributed by atoms with Crippen molar-refractivity contribution in [2.24, 2.45) is 11.3 Å². The number of ether oxygens (including phenoxy) is 1. The monoisotopic (exact) mass is 202 g/mol. The van der Waals surface area contributed by atoms with E-state index in [4.69, 9.17) is 9.99 Å². The summed E-state index contributed by atoms with van der Waals surface area (Å²) in [6, 6.07) is 0. The van der Waals surface area contributed by atoms with E-state index in [9.17, 15) is 0 Å². The first-order valence-corrected chi connectivity index (χ1v) is 5.31. The van der Waals surface area contributed by atoms with Crippen LogP contribution in [0.15, 0.2) is 0 Å². The highest BCUT2D eigenvalue weighted by Crippen LogP contribution is 2.42. The average Bonchev–Trinajstić information content (AvgIpc) is 2.16. The normalized spacial score (nSPS) is 34.5. The van der Waals surface area contributed by atoms with Crippen LogP contribution >= 0.6 is 0 Å². The third-order valence-corrected chi connectivity index (χ3v) is 3.51. The fourth-order valence-corrected chi connectivity index (χ4v) is 2.26. The molecule has 0 heterocycles. The molecule has 3 heteroatoms. The molecule has 14 heavy (non-hydrogen) atoms. The largest absolute Gasteiger partial charge is 0.351 e. The third kappa shape index (κ3) is 2.47. The van der Waals surface area contributed by atoms with Crippen molar-refractivity contribution in [3.63, 3.8) is 0 Å². The second kappa shape index (κ2) is 4.17. The molecule has 84 valence electrons. The van der Waals surface area contributed by atoms with Gasteiger partial charge >= 0.3 is 0 Å². The van der Waals surface area contributed by atoms with Gasteiger partial charge in [-0.25, -0.2) is 10.1 Å². The lowest BCUT2D eigenvalue weighted by atomic mass is 9.71. The van der Waals surface area contributed by atoms with Gasteiger partial charge in [0.1, 0.15) is 0 Å². The molecular weight excluding hydrogens is 180 g/mol. The van der Waals surface area contributed by atoms with Crippen LogP contribution in [0.25, 0.3) is 0 Å². The molecule has 1 fully saturated rings. The molecule has 1 rings (SSSR count). The Hall–Kier alpha value is -0.120. The minimum Gasteiger partial charge on any atom is -0.351 e. The van der Waals surface area contributed by atoms with Gasteiger partial charge in [-0.3, -0.25) is 0 Å². The Morgan fingerprint density at radius 3 is 2.00 bits per heavy atom. The first-order chi connectivity index (χ1) is 6.43. The molecule has 0 atom stereocenters. The fourth-order valence-electron chi connectivity index (χ4n) is 2.26. The van der Waals surface area contributed by atoms with E-state index in [1.54, 1.807) is 7.11 Å². The van der Waals surface area contributed by atoms with Gasteiger partial charge in [0.05, 0.1) is 0 Å². The first kappa shape index (κ1) is 12.0. The van der Waals surface area contributed by atoms with Crippen LogP contribution in [0.3, 0.4) is 0 Å². The zero-order valence-corrected chi connectivity index (χ0v) is 9.67. The van der Waals surface area contributed by atoms with Crippen molar-refractivity contribution in [2.45, 2.75) is 52.2 Å². The second-order valence-corrected chi connectivity index (χ2v) is 5.35. The highest BCUT2D eigenvalue weighted by atomic mass is 17.1. The maximum Gasteiger partial charge on any atom is 0.201 e. The van der Waals surface area contributed by atoms with E-state index in [1.165, 1.54) is 0 Å². The molecule has 1 aliphatic carbocycles. The van der Waals surface area contributed by atoms with Crippen LogP contribution in [0.5, 0.6) is 0 Å². The van der Waals surface area contributed by atoms with E-state index < -0.39 is 5.79 Å². The summed E-state index contributed by atoms with van der Waals surface area (Å²) >= 11 is 0. The van der Waals surface area contributed by atoms with Gasteiger partial charge in [0.25, 0.3) is 0 Å². The van der Waals surface area contributed by atoms with Gasteiger partial charge in [-0.1, -0.05) is 20.8 Å². The van der Waals surface area contributed by atoms with Crippen molar-refractivity contribution in [1.29, 1.82) is 0 Å². The van der Waals surface area contributed by atoms with Crippen molar-refractivity contribution < 1.29 is 14.9 Å². The van der Waals surface area contributed by atoms with Gasteiger partial charge in [-0.2, -0.15) is 0 Å². The Morgan fingerprint density at radius 2 is 1.71 bits per heavy atom. The van der Waals surface area contributed by atoms with Crippen molar-refractivity contribution in [3.8, 4) is 0 Å². The van der Waals surface area contributed by atoms with E-state index in [0.29, 0.717) is 11.3 Å². The number of hydrogen-bond acceptors (Lipinski definition) is 3. The summed E-state index contributed by atoms with van der Waals surface area (Å²) in [6.07, 6.45) is 3.67. The van der Waals surface area contributed by atoms with E-state index in [2.05, 4.69) is 25.7 Å². The molecule has 0 radical (unpaired) electrons. The van der Waals surface area contributed by atoms with E-state index in [0.717, 1.165) is 25.7 Å². The van der Waals surface area contributed by atoms with Crippen molar-refractivity contribution in [2.75, 3.05) is 7.11 Å². The molecule has 0 amide bonds. The number of methoxy groups -OCH3 is 1. The third-order valence-electron chi connectivity index (χ3n) is 3.51. The topological polar surface area (TPSA) is 38.7 Å². The van der Waals surface area contributed by atoms with Crippen LogP contribution in [0.1, 0.15) is 46.5 Å². The number of rotatable bonds is 2. The molecule has 3 nitrogen and oxygen atoms in total. The highest BCUT2D eigenvalue weighted by molar-refractivity contribution is 4.84. The molecule has 0 aromatic rings. The summed E-state index contributed by atoms with van der Waals surface area (Å²) in [7, 11) is 1.59. The molecule has 0 aromatic heterocycles. The van der Waals surface area contributed by atoms with Crippen LogP contribution in [0, 0.1) is 11.3 Å². The van der Waals surface area contributed by atoms with E-state index >= 15 is 0 Å². The Kier molecular flexibility index (Phi) is 3.56. The summed E-state index contributed by atoms with van der Waals surface area (Å²) in [5, 5.41) is 8.81. The van der Waals surface area contributed by atoms with Gasteiger partial charge < -0.3 is 4.74 Å². The lowest BCUT2D eigenvalue weighted by Crippen LogP contribution is -2.40. The quantitative estimate of drug-likeness (QED) is 0.425. The van der Waals surface area contributed by atoms with Crippen LogP contribution in [-0.2, 0) is 9.62 Å². The van der Waals surface area contributed by atoms with Gasteiger partial charge in [0.15, 0.2) is 0 Å². The van der Waals surface area contributed by atoms with Gasteiger partial charge in [0, 0.05) is 20.0 Å².